The van der Waals surface area contributed by atoms with Crippen LogP contribution in [0.1, 0.15) is 18.4 Å². The third-order valence-corrected chi connectivity index (χ3v) is 6.18. The van der Waals surface area contributed by atoms with Gasteiger partial charge in [0.25, 0.3) is 0 Å². The molecule has 1 aromatic carbocycles. The monoisotopic (exact) mass is 287 g/mol. The number of thioether (sulfide) groups is 1. The van der Waals surface area contributed by atoms with E-state index in [4.69, 9.17) is 0 Å². The molecule has 1 aliphatic carbocycles. The Balaban J connectivity index is 2.15. The number of hydrogen-bond donors (Lipinski definition) is 2. The SMILES string of the molecule is CSC1(CNS(=O)(=O)c2ccccc2CO)CC1. The van der Waals surface area contributed by atoms with Gasteiger partial charge < -0.3 is 5.11 Å². The fourth-order valence-electron chi connectivity index (χ4n) is 1.79. The highest BCUT2D eigenvalue weighted by Gasteiger charge is 2.42. The first kappa shape index (κ1) is 13.9. The highest BCUT2D eigenvalue weighted by molar-refractivity contribution is 8.00. The summed E-state index contributed by atoms with van der Waals surface area (Å²) in [4.78, 5) is 0.171. The van der Waals surface area contributed by atoms with E-state index < -0.39 is 10.0 Å². The molecule has 0 atom stereocenters. The number of aliphatic hydroxyl groups is 1. The van der Waals surface area contributed by atoms with Crippen molar-refractivity contribution in [2.24, 2.45) is 0 Å². The van der Waals surface area contributed by atoms with Gasteiger partial charge in [0.1, 0.15) is 0 Å². The lowest BCUT2D eigenvalue weighted by Gasteiger charge is -2.14. The molecule has 1 aliphatic rings. The standard InChI is InChI=1S/C12H17NO3S2/c1-17-12(6-7-12)9-13-18(15,16)11-5-3-2-4-10(11)8-14/h2-5,13-14H,6-9H2,1H3. The molecule has 1 aromatic rings. The number of nitrogens with one attached hydrogen (secondary N) is 1. The first-order chi connectivity index (χ1) is 8.53. The summed E-state index contributed by atoms with van der Waals surface area (Å²) in [6.07, 6.45) is 4.11. The van der Waals surface area contributed by atoms with Crippen LogP contribution in [0.5, 0.6) is 0 Å². The van der Waals surface area contributed by atoms with Gasteiger partial charge in [-0.05, 0) is 30.7 Å². The quantitative estimate of drug-likeness (QED) is 0.829. The molecule has 6 heteroatoms. The van der Waals surface area contributed by atoms with Crippen LogP contribution in [0.25, 0.3) is 0 Å². The number of hydrogen-bond acceptors (Lipinski definition) is 4. The van der Waals surface area contributed by atoms with Crippen LogP contribution >= 0.6 is 11.8 Å². The Morgan fingerprint density at radius 1 is 1.39 bits per heavy atom. The maximum Gasteiger partial charge on any atom is 0.240 e. The van der Waals surface area contributed by atoms with Gasteiger partial charge in [0, 0.05) is 11.3 Å². The average Bonchev–Trinajstić information content (AvgIpc) is 3.17. The van der Waals surface area contributed by atoms with Crippen LogP contribution in [0.4, 0.5) is 0 Å². The van der Waals surface area contributed by atoms with Gasteiger partial charge in [0.05, 0.1) is 11.5 Å². The van der Waals surface area contributed by atoms with Crippen molar-refractivity contribution in [3.05, 3.63) is 29.8 Å². The Bertz CT molecular complexity index is 524. The van der Waals surface area contributed by atoms with Crippen molar-refractivity contribution in [3.8, 4) is 0 Å². The minimum absolute atomic E-state index is 0.0846. The van der Waals surface area contributed by atoms with Crippen molar-refractivity contribution in [1.29, 1.82) is 0 Å². The topological polar surface area (TPSA) is 66.4 Å². The van der Waals surface area contributed by atoms with Crippen molar-refractivity contribution in [3.63, 3.8) is 0 Å². The van der Waals surface area contributed by atoms with Gasteiger partial charge in [-0.2, -0.15) is 11.8 Å². The van der Waals surface area contributed by atoms with Crippen molar-refractivity contribution >= 4 is 21.8 Å². The molecule has 0 heterocycles. The van der Waals surface area contributed by atoms with Crippen molar-refractivity contribution in [2.45, 2.75) is 29.1 Å². The fourth-order valence-corrected chi connectivity index (χ4v) is 3.97. The second kappa shape index (κ2) is 5.21. The molecule has 2 rings (SSSR count). The van der Waals surface area contributed by atoms with E-state index in [2.05, 4.69) is 4.72 Å². The third kappa shape index (κ3) is 2.88. The van der Waals surface area contributed by atoms with E-state index in [-0.39, 0.29) is 16.2 Å². The molecule has 0 saturated heterocycles. The predicted molar refractivity (Wildman–Crippen MR) is 73.0 cm³/mol. The molecule has 0 amide bonds. The Morgan fingerprint density at radius 2 is 2.06 bits per heavy atom. The molecule has 0 bridgehead atoms. The summed E-state index contributed by atoms with van der Waals surface area (Å²) in [5.41, 5.74) is 0.430. The predicted octanol–water partition coefficient (Wildman–Crippen LogP) is 1.35. The van der Waals surface area contributed by atoms with Gasteiger partial charge >= 0.3 is 0 Å². The van der Waals surface area contributed by atoms with E-state index in [9.17, 15) is 13.5 Å². The van der Waals surface area contributed by atoms with Crippen LogP contribution in [0.2, 0.25) is 0 Å². The smallest absolute Gasteiger partial charge is 0.240 e. The molecule has 0 aromatic heterocycles. The van der Waals surface area contributed by atoms with Gasteiger partial charge in [0.2, 0.25) is 10.0 Å². The molecular weight excluding hydrogens is 270 g/mol. The lowest BCUT2D eigenvalue weighted by atomic mass is 10.2. The molecule has 4 nitrogen and oxygen atoms in total. The first-order valence-corrected chi connectivity index (χ1v) is 8.47. The molecule has 0 aliphatic heterocycles. The Hall–Kier alpha value is -0.560. The first-order valence-electron chi connectivity index (χ1n) is 5.77. The van der Waals surface area contributed by atoms with Crippen LogP contribution in [-0.2, 0) is 16.6 Å². The molecule has 0 spiro atoms. The molecule has 100 valence electrons. The highest BCUT2D eigenvalue weighted by atomic mass is 32.2. The molecule has 0 radical (unpaired) electrons. The second-order valence-electron chi connectivity index (χ2n) is 4.48. The minimum Gasteiger partial charge on any atom is -0.392 e. The Morgan fingerprint density at radius 3 is 2.61 bits per heavy atom. The van der Waals surface area contributed by atoms with Crippen molar-refractivity contribution in [2.75, 3.05) is 12.8 Å². The zero-order chi connectivity index (χ0) is 13.2. The third-order valence-electron chi connectivity index (χ3n) is 3.26. The maximum absolute atomic E-state index is 12.2. The van der Waals surface area contributed by atoms with Crippen molar-refractivity contribution < 1.29 is 13.5 Å². The number of benzene rings is 1. The largest absolute Gasteiger partial charge is 0.392 e. The van der Waals surface area contributed by atoms with Gasteiger partial charge in [-0.3, -0.25) is 0 Å². The van der Waals surface area contributed by atoms with E-state index >= 15 is 0 Å². The van der Waals surface area contributed by atoms with E-state index in [1.165, 1.54) is 6.07 Å². The summed E-state index contributed by atoms with van der Waals surface area (Å²) in [5, 5.41) is 9.17. The van der Waals surface area contributed by atoms with Crippen LogP contribution in [0.15, 0.2) is 29.2 Å². The van der Waals surface area contributed by atoms with Crippen LogP contribution in [0.3, 0.4) is 0 Å². The van der Waals surface area contributed by atoms with E-state index in [0.29, 0.717) is 12.1 Å². The highest BCUT2D eigenvalue weighted by Crippen LogP contribution is 2.46. The molecular formula is C12H17NO3S2. The summed E-state index contributed by atoms with van der Waals surface area (Å²) < 4.78 is 27.1. The molecule has 0 unspecified atom stereocenters. The van der Waals surface area contributed by atoms with Crippen molar-refractivity contribution in [1.82, 2.24) is 4.72 Å². The second-order valence-corrected chi connectivity index (χ2v) is 7.49. The van der Waals surface area contributed by atoms with Gasteiger partial charge in [-0.1, -0.05) is 18.2 Å². The Kier molecular flexibility index (Phi) is 4.01. The fraction of sp³-hybridized carbons (Fsp3) is 0.500. The minimum atomic E-state index is -3.53. The Labute approximate surface area is 112 Å². The molecule has 1 fully saturated rings. The zero-order valence-corrected chi connectivity index (χ0v) is 11.9. The van der Waals surface area contributed by atoms with Crippen LogP contribution in [0, 0.1) is 0 Å². The number of aliphatic hydroxyl groups excluding tert-OH is 1. The van der Waals surface area contributed by atoms with E-state index in [1.807, 2.05) is 6.26 Å². The molecule has 18 heavy (non-hydrogen) atoms. The van der Waals surface area contributed by atoms with Crippen LogP contribution in [-0.4, -0.2) is 31.1 Å². The van der Waals surface area contributed by atoms with Gasteiger partial charge in [0.15, 0.2) is 0 Å². The average molecular weight is 287 g/mol. The van der Waals surface area contributed by atoms with E-state index in [0.717, 1.165) is 12.8 Å². The summed E-state index contributed by atoms with van der Waals surface area (Å²) in [6.45, 7) is 0.182. The summed E-state index contributed by atoms with van der Waals surface area (Å²) >= 11 is 1.71. The zero-order valence-electron chi connectivity index (χ0n) is 10.2. The maximum atomic E-state index is 12.2. The summed E-state index contributed by atoms with van der Waals surface area (Å²) in [5.74, 6) is 0. The lowest BCUT2D eigenvalue weighted by Crippen LogP contribution is -2.32. The number of rotatable bonds is 6. The summed E-state index contributed by atoms with van der Waals surface area (Å²) in [7, 11) is -3.53. The van der Waals surface area contributed by atoms with Gasteiger partial charge in [-0.15, -0.1) is 0 Å². The van der Waals surface area contributed by atoms with E-state index in [1.54, 1.807) is 30.0 Å². The van der Waals surface area contributed by atoms with Gasteiger partial charge in [-0.25, -0.2) is 13.1 Å². The van der Waals surface area contributed by atoms with Crippen LogP contribution < -0.4 is 4.72 Å². The number of sulfonamides is 1. The lowest BCUT2D eigenvalue weighted by molar-refractivity contribution is 0.278. The summed E-state index contributed by atoms with van der Waals surface area (Å²) in [6, 6.07) is 6.52. The molecule has 1 saturated carbocycles. The molecule has 2 N–H and O–H groups in total. The normalized spacial score (nSPS) is 17.7.